The van der Waals surface area contributed by atoms with Crippen molar-refractivity contribution in [3.63, 3.8) is 0 Å². The fourth-order valence-electron chi connectivity index (χ4n) is 3.11. The van der Waals surface area contributed by atoms with Crippen LogP contribution in [0.15, 0.2) is 24.3 Å². The van der Waals surface area contributed by atoms with Gasteiger partial charge in [-0.15, -0.1) is 12.4 Å². The van der Waals surface area contributed by atoms with Gasteiger partial charge in [-0.3, -0.25) is 9.59 Å². The third-order valence-corrected chi connectivity index (χ3v) is 4.37. The largest absolute Gasteiger partial charge is 0.349 e. The maximum absolute atomic E-state index is 12.6. The normalized spacial score (nSPS) is 18.0. The van der Waals surface area contributed by atoms with Gasteiger partial charge in [0.25, 0.3) is 0 Å². The number of carbonyl (C=O) groups excluding carboxylic acids is 2. The summed E-state index contributed by atoms with van der Waals surface area (Å²) in [5.74, 6) is 0.531. The van der Waals surface area contributed by atoms with Gasteiger partial charge in [0.15, 0.2) is 0 Å². The first-order valence-corrected chi connectivity index (χ1v) is 8.25. The smallest absolute Gasteiger partial charge is 0.224 e. The van der Waals surface area contributed by atoms with Crippen LogP contribution in [0.4, 0.5) is 0 Å². The molecule has 0 aromatic heterocycles. The van der Waals surface area contributed by atoms with Crippen molar-refractivity contribution in [3.8, 4) is 0 Å². The Morgan fingerprint density at radius 2 is 1.96 bits per heavy atom. The van der Waals surface area contributed by atoms with E-state index in [0.717, 1.165) is 37.2 Å². The summed E-state index contributed by atoms with van der Waals surface area (Å²) in [4.78, 5) is 26.0. The van der Waals surface area contributed by atoms with Gasteiger partial charge in [-0.1, -0.05) is 29.8 Å². The van der Waals surface area contributed by atoms with Crippen molar-refractivity contribution in [3.05, 3.63) is 35.4 Å². The number of carbonyl (C=O) groups is 2. The Kier molecular flexibility index (Phi) is 8.22. The molecule has 0 spiro atoms. The van der Waals surface area contributed by atoms with E-state index in [9.17, 15) is 9.59 Å². The summed E-state index contributed by atoms with van der Waals surface area (Å²) in [7, 11) is 1.94. The summed E-state index contributed by atoms with van der Waals surface area (Å²) in [6.45, 7) is 6.07. The molecule has 2 rings (SSSR count). The predicted octanol–water partition coefficient (Wildman–Crippen LogP) is 2.05. The first kappa shape index (κ1) is 20.5. The van der Waals surface area contributed by atoms with Gasteiger partial charge in [0.2, 0.25) is 11.8 Å². The van der Waals surface area contributed by atoms with Gasteiger partial charge in [0.05, 0.1) is 12.5 Å². The van der Waals surface area contributed by atoms with Crippen LogP contribution in [-0.2, 0) is 9.59 Å². The number of likely N-dealkylation sites (tertiary alicyclic amines) is 1. The minimum atomic E-state index is -0.260. The zero-order valence-corrected chi connectivity index (χ0v) is 15.5. The van der Waals surface area contributed by atoms with Crippen LogP contribution in [0.1, 0.15) is 36.9 Å². The minimum absolute atomic E-state index is 0. The van der Waals surface area contributed by atoms with Crippen LogP contribution in [0, 0.1) is 12.8 Å². The van der Waals surface area contributed by atoms with Gasteiger partial charge in [0, 0.05) is 20.0 Å². The van der Waals surface area contributed by atoms with E-state index >= 15 is 0 Å². The van der Waals surface area contributed by atoms with E-state index in [1.165, 1.54) is 6.92 Å². The summed E-state index contributed by atoms with van der Waals surface area (Å²) in [6, 6.07) is 7.72. The molecule has 0 radical (unpaired) electrons. The molecule has 24 heavy (non-hydrogen) atoms. The zero-order chi connectivity index (χ0) is 16.8. The van der Waals surface area contributed by atoms with Crippen LogP contribution in [0.3, 0.4) is 0 Å². The lowest BCUT2D eigenvalue weighted by Gasteiger charge is -2.22. The molecular formula is C18H28ClN3O2. The first-order chi connectivity index (χ1) is 11.0. The molecule has 0 saturated carbocycles. The number of hydrogen-bond acceptors (Lipinski definition) is 3. The topological polar surface area (TPSA) is 61.4 Å². The second-order valence-corrected chi connectivity index (χ2v) is 6.42. The fourth-order valence-corrected chi connectivity index (χ4v) is 3.11. The molecule has 5 nitrogen and oxygen atoms in total. The molecule has 6 heteroatoms. The van der Waals surface area contributed by atoms with E-state index < -0.39 is 0 Å². The molecule has 1 heterocycles. The van der Waals surface area contributed by atoms with Crippen molar-refractivity contribution in [2.45, 2.75) is 32.7 Å². The Hall–Kier alpha value is -1.59. The van der Waals surface area contributed by atoms with Crippen LogP contribution in [0.5, 0.6) is 0 Å². The van der Waals surface area contributed by atoms with Crippen LogP contribution in [0.25, 0.3) is 0 Å². The number of amides is 2. The predicted molar refractivity (Wildman–Crippen MR) is 98.2 cm³/mol. The molecule has 1 aromatic carbocycles. The number of rotatable bonds is 6. The Morgan fingerprint density at radius 3 is 2.54 bits per heavy atom. The van der Waals surface area contributed by atoms with Gasteiger partial charge in [-0.25, -0.2) is 0 Å². The summed E-state index contributed by atoms with van der Waals surface area (Å²) < 4.78 is 0. The van der Waals surface area contributed by atoms with Gasteiger partial charge in [0.1, 0.15) is 0 Å². The van der Waals surface area contributed by atoms with Crippen LogP contribution < -0.4 is 10.6 Å². The van der Waals surface area contributed by atoms with E-state index in [1.807, 2.05) is 43.1 Å². The van der Waals surface area contributed by atoms with Crippen molar-refractivity contribution >= 4 is 24.2 Å². The molecule has 0 bridgehead atoms. The van der Waals surface area contributed by atoms with Gasteiger partial charge in [-0.05, 0) is 38.4 Å². The highest BCUT2D eigenvalue weighted by Gasteiger charge is 2.27. The number of aryl methyl sites for hydroxylation is 1. The molecule has 1 fully saturated rings. The minimum Gasteiger partial charge on any atom is -0.349 e. The van der Waals surface area contributed by atoms with Crippen LogP contribution in [0.2, 0.25) is 0 Å². The van der Waals surface area contributed by atoms with Gasteiger partial charge < -0.3 is 15.5 Å². The molecule has 1 aliphatic rings. The second kappa shape index (κ2) is 9.64. The highest BCUT2D eigenvalue weighted by atomic mass is 35.5. The summed E-state index contributed by atoms with van der Waals surface area (Å²) in [5, 5.41) is 6.08. The maximum atomic E-state index is 12.6. The van der Waals surface area contributed by atoms with E-state index in [1.54, 1.807) is 0 Å². The van der Waals surface area contributed by atoms with Crippen molar-refractivity contribution < 1.29 is 9.59 Å². The fraction of sp³-hybridized carbons (Fsp3) is 0.556. The summed E-state index contributed by atoms with van der Waals surface area (Å²) in [6.07, 6.45) is 1.36. The first-order valence-electron chi connectivity index (χ1n) is 8.25. The number of nitrogens with zero attached hydrogens (tertiary/aromatic N) is 1. The zero-order valence-electron chi connectivity index (χ0n) is 14.7. The molecule has 1 aromatic rings. The lowest BCUT2D eigenvalue weighted by atomic mass is 10.0. The van der Waals surface area contributed by atoms with Gasteiger partial charge in [-0.2, -0.15) is 0 Å². The van der Waals surface area contributed by atoms with E-state index in [2.05, 4.69) is 10.6 Å². The SMILES string of the molecule is CNCC1CCN(C(=O)CC(NC(C)=O)c2ccc(C)cc2)C1.Cl. The number of benzene rings is 1. The summed E-state index contributed by atoms with van der Waals surface area (Å²) >= 11 is 0. The van der Waals surface area contributed by atoms with Gasteiger partial charge >= 0.3 is 0 Å². The van der Waals surface area contributed by atoms with Crippen molar-refractivity contribution in [2.24, 2.45) is 5.92 Å². The van der Waals surface area contributed by atoms with Crippen molar-refractivity contribution in [1.82, 2.24) is 15.5 Å². The van der Waals surface area contributed by atoms with Crippen molar-refractivity contribution in [1.29, 1.82) is 0 Å². The number of halogens is 1. The van der Waals surface area contributed by atoms with E-state index in [4.69, 9.17) is 0 Å². The molecular weight excluding hydrogens is 326 g/mol. The molecule has 1 saturated heterocycles. The monoisotopic (exact) mass is 353 g/mol. The Morgan fingerprint density at radius 1 is 1.29 bits per heavy atom. The highest BCUT2D eigenvalue weighted by molar-refractivity contribution is 5.85. The molecule has 2 N–H and O–H groups in total. The molecule has 2 amide bonds. The lowest BCUT2D eigenvalue weighted by Crippen LogP contribution is -2.35. The third-order valence-electron chi connectivity index (χ3n) is 4.37. The highest BCUT2D eigenvalue weighted by Crippen LogP contribution is 2.22. The third kappa shape index (κ3) is 5.80. The Bertz CT molecular complexity index is 548. The quantitative estimate of drug-likeness (QED) is 0.822. The number of nitrogens with one attached hydrogen (secondary N) is 2. The number of hydrogen-bond donors (Lipinski definition) is 2. The van der Waals surface area contributed by atoms with E-state index in [-0.39, 0.29) is 30.3 Å². The average molecular weight is 354 g/mol. The Balaban J connectivity index is 0.00000288. The van der Waals surface area contributed by atoms with Crippen LogP contribution >= 0.6 is 12.4 Å². The maximum Gasteiger partial charge on any atom is 0.224 e. The molecule has 0 aliphatic carbocycles. The van der Waals surface area contributed by atoms with E-state index in [0.29, 0.717) is 12.3 Å². The Labute approximate surface area is 150 Å². The summed E-state index contributed by atoms with van der Waals surface area (Å²) in [5.41, 5.74) is 2.14. The average Bonchev–Trinajstić information content (AvgIpc) is 2.96. The van der Waals surface area contributed by atoms with Crippen LogP contribution in [-0.4, -0.2) is 43.4 Å². The molecule has 134 valence electrons. The lowest BCUT2D eigenvalue weighted by molar-refractivity contribution is -0.131. The molecule has 2 atom stereocenters. The molecule has 1 aliphatic heterocycles. The van der Waals surface area contributed by atoms with Crippen molar-refractivity contribution in [2.75, 3.05) is 26.7 Å². The molecule has 2 unspecified atom stereocenters. The second-order valence-electron chi connectivity index (χ2n) is 6.42. The standard InChI is InChI=1S/C18H27N3O2.ClH/c1-13-4-6-16(7-5-13)17(20-14(2)22)10-18(23)21-9-8-15(12-21)11-19-3;/h4-7,15,17,19H,8-12H2,1-3H3,(H,20,22);1H.